The maximum Gasteiger partial charge on any atom is 0.264 e. The van der Waals surface area contributed by atoms with Gasteiger partial charge in [0.25, 0.3) is 10.0 Å². The summed E-state index contributed by atoms with van der Waals surface area (Å²) < 4.78 is 78.1. The average molecular weight is 320 g/mol. The van der Waals surface area contributed by atoms with Gasteiger partial charge >= 0.3 is 0 Å². The SMILES string of the molecule is Nc1c(F)ccc(S(=O)(=O)Nc2ccc(F)c(F)c2)c1F. The van der Waals surface area contributed by atoms with E-state index in [0.717, 1.165) is 6.07 Å². The van der Waals surface area contributed by atoms with Crippen LogP contribution in [0.4, 0.5) is 28.9 Å². The summed E-state index contributed by atoms with van der Waals surface area (Å²) in [4.78, 5) is -0.911. The number of nitrogens with one attached hydrogen (secondary N) is 1. The van der Waals surface area contributed by atoms with Crippen molar-refractivity contribution in [1.29, 1.82) is 0 Å². The average Bonchev–Trinajstić information content (AvgIpc) is 2.39. The third-order valence-corrected chi connectivity index (χ3v) is 3.95. The second-order valence-corrected chi connectivity index (χ2v) is 5.66. The molecule has 2 aromatic carbocycles. The Bertz CT molecular complexity index is 809. The Hall–Kier alpha value is -2.29. The molecule has 0 atom stereocenters. The highest BCUT2D eigenvalue weighted by Gasteiger charge is 2.23. The van der Waals surface area contributed by atoms with Crippen molar-refractivity contribution in [3.05, 3.63) is 53.6 Å². The lowest BCUT2D eigenvalue weighted by Crippen LogP contribution is -2.16. The van der Waals surface area contributed by atoms with Gasteiger partial charge in [0, 0.05) is 6.07 Å². The van der Waals surface area contributed by atoms with Crippen molar-refractivity contribution in [2.45, 2.75) is 4.90 Å². The summed E-state index contributed by atoms with van der Waals surface area (Å²) in [5.74, 6) is -5.03. The quantitative estimate of drug-likeness (QED) is 0.674. The van der Waals surface area contributed by atoms with E-state index in [-0.39, 0.29) is 5.69 Å². The molecule has 0 radical (unpaired) electrons. The van der Waals surface area contributed by atoms with Gasteiger partial charge in [0.15, 0.2) is 17.5 Å². The Balaban J connectivity index is 2.43. The molecule has 0 fully saturated rings. The fourth-order valence-corrected chi connectivity index (χ4v) is 2.67. The van der Waals surface area contributed by atoms with E-state index in [1.54, 1.807) is 0 Å². The van der Waals surface area contributed by atoms with Gasteiger partial charge in [0.05, 0.1) is 5.69 Å². The zero-order valence-corrected chi connectivity index (χ0v) is 11.0. The van der Waals surface area contributed by atoms with Crippen molar-refractivity contribution in [2.75, 3.05) is 10.5 Å². The van der Waals surface area contributed by atoms with Crippen LogP contribution in [0.25, 0.3) is 0 Å². The number of halogens is 4. The summed E-state index contributed by atoms with van der Waals surface area (Å²) >= 11 is 0. The third kappa shape index (κ3) is 2.92. The van der Waals surface area contributed by atoms with Gasteiger partial charge in [0.1, 0.15) is 16.4 Å². The Morgan fingerprint density at radius 2 is 1.52 bits per heavy atom. The highest BCUT2D eigenvalue weighted by molar-refractivity contribution is 7.92. The van der Waals surface area contributed by atoms with Crippen LogP contribution in [0.3, 0.4) is 0 Å². The zero-order chi connectivity index (χ0) is 15.8. The van der Waals surface area contributed by atoms with E-state index >= 15 is 0 Å². The van der Waals surface area contributed by atoms with Crippen molar-refractivity contribution >= 4 is 21.4 Å². The van der Waals surface area contributed by atoms with Crippen LogP contribution < -0.4 is 10.5 Å². The first-order valence-corrected chi connectivity index (χ1v) is 6.92. The van der Waals surface area contributed by atoms with E-state index in [2.05, 4.69) is 0 Å². The van der Waals surface area contributed by atoms with Gasteiger partial charge in [-0.1, -0.05) is 0 Å². The molecule has 0 unspecified atom stereocenters. The van der Waals surface area contributed by atoms with E-state index < -0.39 is 43.9 Å². The van der Waals surface area contributed by atoms with Gasteiger partial charge < -0.3 is 5.73 Å². The molecule has 0 heterocycles. The molecule has 0 amide bonds. The summed E-state index contributed by atoms with van der Waals surface area (Å²) in [6, 6.07) is 3.57. The largest absolute Gasteiger partial charge is 0.394 e. The standard InChI is InChI=1S/C12H8F4N2O2S/c13-7-2-1-6(5-9(7)15)18-21(19,20)10-4-3-8(14)12(17)11(10)16/h1-5,18H,17H2. The predicted molar refractivity (Wildman–Crippen MR) is 67.9 cm³/mol. The molecule has 2 rings (SSSR count). The molecule has 0 aliphatic heterocycles. The van der Waals surface area contributed by atoms with Gasteiger partial charge in [-0.2, -0.15) is 0 Å². The van der Waals surface area contributed by atoms with Crippen LogP contribution >= 0.6 is 0 Å². The van der Waals surface area contributed by atoms with Crippen molar-refractivity contribution < 1.29 is 26.0 Å². The normalized spacial score (nSPS) is 11.4. The maximum atomic E-state index is 13.7. The number of sulfonamides is 1. The molecule has 0 aromatic heterocycles. The lowest BCUT2D eigenvalue weighted by molar-refractivity contribution is 0.509. The number of hydrogen-bond acceptors (Lipinski definition) is 3. The Morgan fingerprint density at radius 3 is 2.14 bits per heavy atom. The monoisotopic (exact) mass is 320 g/mol. The van der Waals surface area contributed by atoms with Crippen LogP contribution in [0.1, 0.15) is 0 Å². The number of anilines is 2. The van der Waals surface area contributed by atoms with Crippen LogP contribution in [0, 0.1) is 23.3 Å². The lowest BCUT2D eigenvalue weighted by atomic mass is 10.3. The summed E-state index contributed by atoms with van der Waals surface area (Å²) in [6.07, 6.45) is 0. The van der Waals surface area contributed by atoms with Crippen LogP contribution in [0.2, 0.25) is 0 Å². The van der Waals surface area contributed by atoms with Crippen molar-refractivity contribution in [3.63, 3.8) is 0 Å². The molecule has 3 N–H and O–H groups in total. The summed E-state index contributed by atoms with van der Waals surface area (Å²) in [7, 11) is -4.47. The Labute approximate surface area is 117 Å². The highest BCUT2D eigenvalue weighted by atomic mass is 32.2. The highest BCUT2D eigenvalue weighted by Crippen LogP contribution is 2.25. The molecule has 21 heavy (non-hydrogen) atoms. The first kappa shape index (κ1) is 15.1. The number of nitrogen functional groups attached to an aromatic ring is 1. The topological polar surface area (TPSA) is 72.2 Å². The molecule has 2 aromatic rings. The van der Waals surface area contributed by atoms with E-state index in [1.807, 2.05) is 4.72 Å². The van der Waals surface area contributed by atoms with Crippen molar-refractivity contribution in [3.8, 4) is 0 Å². The summed E-state index contributed by atoms with van der Waals surface area (Å²) in [5, 5.41) is 0. The molecule has 4 nitrogen and oxygen atoms in total. The first-order valence-electron chi connectivity index (χ1n) is 5.43. The summed E-state index contributed by atoms with van der Waals surface area (Å²) in [6.45, 7) is 0. The van der Waals surface area contributed by atoms with Crippen LogP contribution in [-0.4, -0.2) is 8.42 Å². The minimum atomic E-state index is -4.47. The zero-order valence-electron chi connectivity index (χ0n) is 10.2. The van der Waals surface area contributed by atoms with Crippen molar-refractivity contribution in [2.24, 2.45) is 0 Å². The number of nitrogens with two attached hydrogens (primary N) is 1. The maximum absolute atomic E-state index is 13.7. The van der Waals surface area contributed by atoms with E-state index in [9.17, 15) is 26.0 Å². The molecule has 112 valence electrons. The Morgan fingerprint density at radius 1 is 0.905 bits per heavy atom. The number of benzene rings is 2. The summed E-state index contributed by atoms with van der Waals surface area (Å²) in [5.41, 5.74) is 3.79. The minimum Gasteiger partial charge on any atom is -0.394 e. The minimum absolute atomic E-state index is 0.323. The second kappa shape index (κ2) is 5.24. The molecular formula is C12H8F4N2O2S. The number of hydrogen-bond donors (Lipinski definition) is 2. The predicted octanol–water partition coefficient (Wildman–Crippen LogP) is 2.63. The molecule has 0 bridgehead atoms. The molecule has 0 aliphatic carbocycles. The van der Waals surface area contributed by atoms with E-state index in [1.165, 1.54) is 0 Å². The lowest BCUT2D eigenvalue weighted by Gasteiger charge is -2.10. The van der Waals surface area contributed by atoms with Gasteiger partial charge in [0.2, 0.25) is 0 Å². The second-order valence-electron chi connectivity index (χ2n) is 4.01. The molecule has 9 heteroatoms. The van der Waals surface area contributed by atoms with Gasteiger partial charge in [-0.25, -0.2) is 26.0 Å². The molecular weight excluding hydrogens is 312 g/mol. The van der Waals surface area contributed by atoms with Crippen LogP contribution in [-0.2, 0) is 10.0 Å². The van der Waals surface area contributed by atoms with E-state index in [4.69, 9.17) is 5.73 Å². The molecule has 0 saturated heterocycles. The van der Waals surface area contributed by atoms with E-state index in [0.29, 0.717) is 24.3 Å². The third-order valence-electron chi connectivity index (χ3n) is 2.55. The van der Waals surface area contributed by atoms with Gasteiger partial charge in [-0.3, -0.25) is 4.72 Å². The van der Waals surface area contributed by atoms with Crippen LogP contribution in [0.5, 0.6) is 0 Å². The molecule has 0 aliphatic rings. The Kier molecular flexibility index (Phi) is 3.77. The first-order chi connectivity index (χ1) is 9.72. The fourth-order valence-electron chi connectivity index (χ4n) is 1.53. The molecule has 0 spiro atoms. The number of rotatable bonds is 3. The fraction of sp³-hybridized carbons (Fsp3) is 0. The van der Waals surface area contributed by atoms with Crippen molar-refractivity contribution in [1.82, 2.24) is 0 Å². The van der Waals surface area contributed by atoms with Crippen LogP contribution in [0.15, 0.2) is 35.2 Å². The smallest absolute Gasteiger partial charge is 0.264 e. The van der Waals surface area contributed by atoms with Gasteiger partial charge in [-0.05, 0) is 24.3 Å². The van der Waals surface area contributed by atoms with Gasteiger partial charge in [-0.15, -0.1) is 0 Å². The molecule has 0 saturated carbocycles.